The van der Waals surface area contributed by atoms with Gasteiger partial charge in [0.2, 0.25) is 5.88 Å². The summed E-state index contributed by atoms with van der Waals surface area (Å²) in [6.07, 6.45) is 0.976. The first-order valence-corrected chi connectivity index (χ1v) is 7.01. The second-order valence-corrected chi connectivity index (χ2v) is 5.31. The molecule has 1 N–H and O–H groups in total. The van der Waals surface area contributed by atoms with E-state index in [-0.39, 0.29) is 6.61 Å². The highest BCUT2D eigenvalue weighted by Crippen LogP contribution is 2.26. The molecular weight excluding hydrogens is 252 g/mol. The summed E-state index contributed by atoms with van der Waals surface area (Å²) in [5, 5.41) is 14.0. The summed E-state index contributed by atoms with van der Waals surface area (Å²) in [5.41, 5.74) is 2.50. The SMILES string of the molecule is Cc1nn(-c2ccccc2)c(OCCC(C)C)c1CO. The number of aliphatic hydroxyl groups excluding tert-OH is 1. The van der Waals surface area contributed by atoms with Gasteiger partial charge in [0, 0.05) is 0 Å². The van der Waals surface area contributed by atoms with E-state index in [1.165, 1.54) is 0 Å². The summed E-state index contributed by atoms with van der Waals surface area (Å²) in [6, 6.07) is 9.84. The smallest absolute Gasteiger partial charge is 0.222 e. The van der Waals surface area contributed by atoms with Crippen LogP contribution in [-0.4, -0.2) is 21.5 Å². The topological polar surface area (TPSA) is 47.3 Å². The molecule has 0 radical (unpaired) electrons. The molecule has 0 fully saturated rings. The maximum Gasteiger partial charge on any atom is 0.222 e. The fraction of sp³-hybridized carbons (Fsp3) is 0.438. The van der Waals surface area contributed by atoms with Gasteiger partial charge in [-0.05, 0) is 31.4 Å². The second-order valence-electron chi connectivity index (χ2n) is 5.31. The van der Waals surface area contributed by atoms with Crippen LogP contribution < -0.4 is 4.74 Å². The fourth-order valence-electron chi connectivity index (χ4n) is 2.00. The fourth-order valence-corrected chi connectivity index (χ4v) is 2.00. The third kappa shape index (κ3) is 3.20. The van der Waals surface area contributed by atoms with E-state index in [1.807, 2.05) is 37.3 Å². The predicted octanol–water partition coefficient (Wildman–Crippen LogP) is 3.10. The molecule has 0 spiro atoms. The average Bonchev–Trinajstić information content (AvgIpc) is 2.75. The maximum absolute atomic E-state index is 9.53. The molecule has 0 saturated heterocycles. The number of nitrogens with zero attached hydrogens (tertiary/aromatic N) is 2. The van der Waals surface area contributed by atoms with Crippen LogP contribution in [0.5, 0.6) is 5.88 Å². The Morgan fingerprint density at radius 1 is 1.25 bits per heavy atom. The van der Waals surface area contributed by atoms with Crippen LogP contribution in [0.2, 0.25) is 0 Å². The van der Waals surface area contributed by atoms with Crippen molar-refractivity contribution in [2.24, 2.45) is 5.92 Å². The molecule has 0 unspecified atom stereocenters. The van der Waals surface area contributed by atoms with Gasteiger partial charge in [0.05, 0.1) is 30.2 Å². The minimum Gasteiger partial charge on any atom is -0.477 e. The molecule has 4 heteroatoms. The quantitative estimate of drug-likeness (QED) is 0.880. The van der Waals surface area contributed by atoms with Crippen molar-refractivity contribution >= 4 is 0 Å². The van der Waals surface area contributed by atoms with Crippen LogP contribution >= 0.6 is 0 Å². The normalized spacial score (nSPS) is 11.1. The third-order valence-corrected chi connectivity index (χ3v) is 3.23. The monoisotopic (exact) mass is 274 g/mol. The van der Waals surface area contributed by atoms with Gasteiger partial charge >= 0.3 is 0 Å². The van der Waals surface area contributed by atoms with Gasteiger partial charge in [-0.3, -0.25) is 0 Å². The summed E-state index contributed by atoms with van der Waals surface area (Å²) in [6.45, 7) is 6.78. The first-order chi connectivity index (χ1) is 9.63. The summed E-state index contributed by atoms with van der Waals surface area (Å²) in [7, 11) is 0. The molecule has 1 aromatic carbocycles. The van der Waals surface area contributed by atoms with Crippen molar-refractivity contribution in [1.82, 2.24) is 9.78 Å². The minimum absolute atomic E-state index is 0.0598. The molecule has 2 aromatic rings. The van der Waals surface area contributed by atoms with E-state index < -0.39 is 0 Å². The van der Waals surface area contributed by atoms with Crippen molar-refractivity contribution in [2.75, 3.05) is 6.61 Å². The summed E-state index contributed by atoms with van der Waals surface area (Å²) in [4.78, 5) is 0. The number of hydrogen-bond acceptors (Lipinski definition) is 3. The summed E-state index contributed by atoms with van der Waals surface area (Å²) < 4.78 is 7.65. The number of aromatic nitrogens is 2. The maximum atomic E-state index is 9.53. The predicted molar refractivity (Wildman–Crippen MR) is 79.2 cm³/mol. The Morgan fingerprint density at radius 3 is 2.55 bits per heavy atom. The van der Waals surface area contributed by atoms with Gasteiger partial charge in [0.1, 0.15) is 0 Å². The van der Waals surface area contributed by atoms with E-state index in [9.17, 15) is 5.11 Å². The molecule has 1 heterocycles. The number of hydrogen-bond donors (Lipinski definition) is 1. The molecule has 0 bridgehead atoms. The number of ether oxygens (including phenoxy) is 1. The summed E-state index contributed by atoms with van der Waals surface area (Å²) >= 11 is 0. The Kier molecular flexibility index (Phi) is 4.79. The molecule has 0 aliphatic rings. The van der Waals surface area contributed by atoms with Crippen molar-refractivity contribution in [3.63, 3.8) is 0 Å². The van der Waals surface area contributed by atoms with Gasteiger partial charge in [-0.1, -0.05) is 32.0 Å². The number of aryl methyl sites for hydroxylation is 1. The average molecular weight is 274 g/mol. The highest BCUT2D eigenvalue weighted by Gasteiger charge is 2.17. The van der Waals surface area contributed by atoms with Crippen molar-refractivity contribution in [1.29, 1.82) is 0 Å². The van der Waals surface area contributed by atoms with Gasteiger partial charge in [-0.25, -0.2) is 4.68 Å². The lowest BCUT2D eigenvalue weighted by Gasteiger charge is -2.12. The standard InChI is InChI=1S/C16H22N2O2/c1-12(2)9-10-20-16-15(11-19)13(3)17-18(16)14-7-5-4-6-8-14/h4-8,12,19H,9-11H2,1-3H3. The van der Waals surface area contributed by atoms with Crippen LogP contribution in [0.4, 0.5) is 0 Å². The number of para-hydroxylation sites is 1. The largest absolute Gasteiger partial charge is 0.477 e. The van der Waals surface area contributed by atoms with Gasteiger partial charge in [0.15, 0.2) is 0 Å². The zero-order chi connectivity index (χ0) is 14.5. The zero-order valence-corrected chi connectivity index (χ0v) is 12.3. The molecule has 0 atom stereocenters. The van der Waals surface area contributed by atoms with Crippen LogP contribution in [0, 0.1) is 12.8 Å². The molecule has 0 aliphatic heterocycles. The molecule has 2 rings (SSSR count). The molecular formula is C16H22N2O2. The minimum atomic E-state index is -0.0598. The highest BCUT2D eigenvalue weighted by molar-refractivity contribution is 5.40. The summed E-state index contributed by atoms with van der Waals surface area (Å²) in [5.74, 6) is 1.23. The van der Waals surface area contributed by atoms with E-state index in [4.69, 9.17) is 4.74 Å². The van der Waals surface area contributed by atoms with Crippen molar-refractivity contribution < 1.29 is 9.84 Å². The lowest BCUT2D eigenvalue weighted by Crippen LogP contribution is -2.07. The third-order valence-electron chi connectivity index (χ3n) is 3.23. The van der Waals surface area contributed by atoms with Crippen LogP contribution in [0.3, 0.4) is 0 Å². The van der Waals surface area contributed by atoms with E-state index in [0.717, 1.165) is 23.4 Å². The molecule has 0 amide bonds. The number of benzene rings is 1. The second kappa shape index (κ2) is 6.57. The Hall–Kier alpha value is -1.81. The molecule has 108 valence electrons. The van der Waals surface area contributed by atoms with Gasteiger partial charge in [-0.2, -0.15) is 5.10 Å². The van der Waals surface area contributed by atoms with Crippen molar-refractivity contribution in [3.8, 4) is 11.6 Å². The van der Waals surface area contributed by atoms with Crippen molar-refractivity contribution in [3.05, 3.63) is 41.6 Å². The van der Waals surface area contributed by atoms with E-state index in [1.54, 1.807) is 4.68 Å². The van der Waals surface area contributed by atoms with Gasteiger partial charge in [0.25, 0.3) is 0 Å². The molecule has 4 nitrogen and oxygen atoms in total. The Morgan fingerprint density at radius 2 is 1.95 bits per heavy atom. The lowest BCUT2D eigenvalue weighted by molar-refractivity contribution is 0.246. The van der Waals surface area contributed by atoms with Crippen LogP contribution in [0.1, 0.15) is 31.5 Å². The molecule has 0 saturated carbocycles. The van der Waals surface area contributed by atoms with Gasteiger partial charge < -0.3 is 9.84 Å². The molecule has 20 heavy (non-hydrogen) atoms. The Balaban J connectivity index is 2.31. The van der Waals surface area contributed by atoms with Crippen LogP contribution in [0.25, 0.3) is 5.69 Å². The van der Waals surface area contributed by atoms with E-state index in [0.29, 0.717) is 18.4 Å². The van der Waals surface area contributed by atoms with Crippen molar-refractivity contribution in [2.45, 2.75) is 33.8 Å². The zero-order valence-electron chi connectivity index (χ0n) is 12.3. The number of rotatable bonds is 6. The molecule has 1 aromatic heterocycles. The first-order valence-electron chi connectivity index (χ1n) is 7.01. The van der Waals surface area contributed by atoms with Crippen LogP contribution in [0.15, 0.2) is 30.3 Å². The van der Waals surface area contributed by atoms with E-state index >= 15 is 0 Å². The number of aliphatic hydroxyl groups is 1. The Bertz CT molecular complexity index is 547. The lowest BCUT2D eigenvalue weighted by atomic mass is 10.1. The Labute approximate surface area is 120 Å². The first kappa shape index (κ1) is 14.6. The van der Waals surface area contributed by atoms with E-state index in [2.05, 4.69) is 18.9 Å². The molecule has 0 aliphatic carbocycles. The van der Waals surface area contributed by atoms with Gasteiger partial charge in [-0.15, -0.1) is 0 Å². The van der Waals surface area contributed by atoms with Crippen LogP contribution in [-0.2, 0) is 6.61 Å². The highest BCUT2D eigenvalue weighted by atomic mass is 16.5.